The number of anilines is 2. The van der Waals surface area contributed by atoms with Crippen LogP contribution in [-0.4, -0.2) is 34.9 Å². The highest BCUT2D eigenvalue weighted by atomic mass is 35.5. The Kier molecular flexibility index (Phi) is 5.87. The van der Waals surface area contributed by atoms with Gasteiger partial charge in [-0.2, -0.15) is 0 Å². The van der Waals surface area contributed by atoms with Crippen molar-refractivity contribution in [2.24, 2.45) is 0 Å². The van der Waals surface area contributed by atoms with Crippen LogP contribution in [0.1, 0.15) is 26.3 Å². The van der Waals surface area contributed by atoms with Crippen molar-refractivity contribution >= 4 is 52.1 Å². The predicted molar refractivity (Wildman–Crippen MR) is 121 cm³/mol. The number of amides is 2. The monoisotopic (exact) mass is 448 g/mol. The zero-order chi connectivity index (χ0) is 22.7. The maximum Gasteiger partial charge on any atom is 0.413 e. The number of benzene rings is 3. The number of aromatic nitrogens is 2. The van der Waals surface area contributed by atoms with Gasteiger partial charge in [0.25, 0.3) is 5.91 Å². The molecule has 0 fully saturated rings. The minimum atomic E-state index is -0.667. The first-order chi connectivity index (χ1) is 15.4. The van der Waals surface area contributed by atoms with Crippen LogP contribution in [0.2, 0.25) is 5.02 Å². The van der Waals surface area contributed by atoms with Gasteiger partial charge in [0.15, 0.2) is 5.78 Å². The Morgan fingerprint density at radius 1 is 0.938 bits per heavy atom. The highest BCUT2D eigenvalue weighted by Gasteiger charge is 2.19. The van der Waals surface area contributed by atoms with Gasteiger partial charge in [-0.3, -0.25) is 14.9 Å². The number of aromatic amines is 1. The molecule has 3 aromatic carbocycles. The van der Waals surface area contributed by atoms with E-state index in [-0.39, 0.29) is 22.9 Å². The third-order valence-electron chi connectivity index (χ3n) is 4.65. The normalized spacial score (nSPS) is 10.6. The number of hydrogen-bond acceptors (Lipinski definition) is 5. The number of nitrogens with one attached hydrogen (secondary N) is 3. The van der Waals surface area contributed by atoms with Crippen molar-refractivity contribution < 1.29 is 19.1 Å². The largest absolute Gasteiger partial charge is 0.453 e. The number of rotatable bonds is 5. The fraction of sp³-hybridized carbons (Fsp3) is 0.0435. The molecule has 9 heteroatoms. The van der Waals surface area contributed by atoms with E-state index in [1.54, 1.807) is 66.7 Å². The minimum absolute atomic E-state index is 0.192. The van der Waals surface area contributed by atoms with Gasteiger partial charge in [0.05, 0.1) is 23.7 Å². The summed E-state index contributed by atoms with van der Waals surface area (Å²) in [5.74, 6) is -0.568. The summed E-state index contributed by atoms with van der Waals surface area (Å²) in [6.45, 7) is 0. The van der Waals surface area contributed by atoms with Crippen LogP contribution in [0, 0.1) is 0 Å². The number of ketones is 1. The number of hydrogen-bond donors (Lipinski definition) is 3. The lowest BCUT2D eigenvalue weighted by molar-refractivity contribution is 0.0996. The van der Waals surface area contributed by atoms with E-state index in [4.69, 9.17) is 11.6 Å². The van der Waals surface area contributed by atoms with Gasteiger partial charge in [0.2, 0.25) is 5.95 Å². The number of ether oxygens (including phenoxy) is 1. The van der Waals surface area contributed by atoms with E-state index < -0.39 is 12.0 Å². The van der Waals surface area contributed by atoms with Gasteiger partial charge in [0.1, 0.15) is 0 Å². The van der Waals surface area contributed by atoms with E-state index in [2.05, 4.69) is 25.3 Å². The molecule has 8 nitrogen and oxygen atoms in total. The number of H-pyrrole nitrogens is 1. The molecule has 3 N–H and O–H groups in total. The van der Waals surface area contributed by atoms with Gasteiger partial charge in [0, 0.05) is 21.8 Å². The van der Waals surface area contributed by atoms with Crippen LogP contribution < -0.4 is 10.6 Å². The van der Waals surface area contributed by atoms with Crippen molar-refractivity contribution in [3.05, 3.63) is 88.4 Å². The summed E-state index contributed by atoms with van der Waals surface area (Å²) in [6, 6.07) is 18.2. The van der Waals surface area contributed by atoms with Crippen LogP contribution in [0.4, 0.5) is 16.4 Å². The summed E-state index contributed by atoms with van der Waals surface area (Å²) in [7, 11) is 1.24. The predicted octanol–water partition coefficient (Wildman–Crippen LogP) is 4.88. The van der Waals surface area contributed by atoms with Crippen LogP contribution in [0.3, 0.4) is 0 Å². The summed E-state index contributed by atoms with van der Waals surface area (Å²) in [5, 5.41) is 5.68. The summed E-state index contributed by atoms with van der Waals surface area (Å²) in [6.07, 6.45) is -0.667. The van der Waals surface area contributed by atoms with Gasteiger partial charge in [-0.1, -0.05) is 35.9 Å². The van der Waals surface area contributed by atoms with E-state index in [1.807, 2.05) is 0 Å². The highest BCUT2D eigenvalue weighted by molar-refractivity contribution is 6.31. The lowest BCUT2D eigenvalue weighted by Crippen LogP contribution is -2.17. The second-order valence-electron chi connectivity index (χ2n) is 6.77. The Morgan fingerprint density at radius 2 is 1.72 bits per heavy atom. The van der Waals surface area contributed by atoms with E-state index in [0.717, 1.165) is 0 Å². The maximum atomic E-state index is 13.2. The number of halogens is 1. The molecule has 0 saturated carbocycles. The van der Waals surface area contributed by atoms with Crippen molar-refractivity contribution in [3.8, 4) is 0 Å². The molecule has 0 aliphatic carbocycles. The Balaban J connectivity index is 1.62. The third-order valence-corrected chi connectivity index (χ3v) is 4.88. The molecular weight excluding hydrogens is 432 g/mol. The quantitative estimate of drug-likeness (QED) is 0.377. The molecule has 0 saturated heterocycles. The SMILES string of the molecule is COC(=O)Nc1nc2ccc(C(=O)c3ccccc3C(=O)Nc3cccc(Cl)c3)cc2[nH]1. The molecule has 0 atom stereocenters. The molecule has 4 aromatic rings. The molecule has 1 aromatic heterocycles. The summed E-state index contributed by atoms with van der Waals surface area (Å²) < 4.78 is 4.55. The first kappa shape index (κ1) is 21.1. The molecule has 32 heavy (non-hydrogen) atoms. The zero-order valence-corrected chi connectivity index (χ0v) is 17.6. The number of carbonyl (C=O) groups excluding carboxylic acids is 3. The Morgan fingerprint density at radius 3 is 2.47 bits per heavy atom. The Labute approximate surface area is 187 Å². The van der Waals surface area contributed by atoms with E-state index in [9.17, 15) is 14.4 Å². The molecule has 160 valence electrons. The van der Waals surface area contributed by atoms with E-state index in [1.165, 1.54) is 7.11 Å². The summed E-state index contributed by atoms with van der Waals surface area (Å²) in [4.78, 5) is 44.6. The molecule has 0 unspecified atom stereocenters. The van der Waals surface area contributed by atoms with Gasteiger partial charge in [-0.25, -0.2) is 9.78 Å². The molecule has 0 spiro atoms. The number of carbonyl (C=O) groups is 3. The molecular formula is C23H17ClN4O4. The summed E-state index contributed by atoms with van der Waals surface area (Å²) >= 11 is 5.98. The lowest BCUT2D eigenvalue weighted by atomic mass is 9.97. The van der Waals surface area contributed by atoms with Crippen molar-refractivity contribution in [2.75, 3.05) is 17.7 Å². The fourth-order valence-electron chi connectivity index (χ4n) is 3.16. The van der Waals surface area contributed by atoms with Crippen molar-refractivity contribution in [3.63, 3.8) is 0 Å². The first-order valence-electron chi connectivity index (χ1n) is 9.50. The number of methoxy groups -OCH3 is 1. The van der Waals surface area contributed by atoms with Gasteiger partial charge < -0.3 is 15.0 Å². The molecule has 0 bridgehead atoms. The topological polar surface area (TPSA) is 113 Å². The van der Waals surface area contributed by atoms with Gasteiger partial charge >= 0.3 is 6.09 Å². The van der Waals surface area contributed by atoms with Crippen LogP contribution in [0.15, 0.2) is 66.7 Å². The van der Waals surface area contributed by atoms with Crippen LogP contribution in [-0.2, 0) is 4.74 Å². The second-order valence-corrected chi connectivity index (χ2v) is 7.21. The minimum Gasteiger partial charge on any atom is -0.453 e. The Bertz CT molecular complexity index is 1350. The highest BCUT2D eigenvalue weighted by Crippen LogP contribution is 2.22. The van der Waals surface area contributed by atoms with Crippen LogP contribution in [0.25, 0.3) is 11.0 Å². The van der Waals surface area contributed by atoms with Gasteiger partial charge in [-0.05, 0) is 42.5 Å². The number of nitrogens with zero attached hydrogens (tertiary/aromatic N) is 1. The van der Waals surface area contributed by atoms with Crippen LogP contribution in [0.5, 0.6) is 0 Å². The first-order valence-corrected chi connectivity index (χ1v) is 9.88. The smallest absolute Gasteiger partial charge is 0.413 e. The molecule has 4 rings (SSSR count). The standard InChI is InChI=1S/C23H17ClN4O4/c1-32-23(31)28-22-26-18-10-9-13(11-19(18)27-22)20(29)16-7-2-3-8-17(16)21(30)25-15-6-4-5-14(24)12-15/h2-12H,1H3,(H,25,30)(H2,26,27,28,31). The Hall–Kier alpha value is -4.17. The molecule has 0 aliphatic rings. The van der Waals surface area contributed by atoms with Crippen LogP contribution >= 0.6 is 11.6 Å². The van der Waals surface area contributed by atoms with Crippen molar-refractivity contribution in [2.45, 2.75) is 0 Å². The lowest BCUT2D eigenvalue weighted by Gasteiger charge is -2.10. The van der Waals surface area contributed by atoms with E-state index in [0.29, 0.717) is 27.3 Å². The molecule has 0 aliphatic heterocycles. The molecule has 0 radical (unpaired) electrons. The van der Waals surface area contributed by atoms with E-state index >= 15 is 0 Å². The molecule has 1 heterocycles. The zero-order valence-electron chi connectivity index (χ0n) is 16.8. The summed E-state index contributed by atoms with van der Waals surface area (Å²) in [5.41, 5.74) is 2.46. The number of fused-ring (bicyclic) bond motifs is 1. The maximum absolute atomic E-state index is 13.2. The van der Waals surface area contributed by atoms with Crippen molar-refractivity contribution in [1.82, 2.24) is 9.97 Å². The fourth-order valence-corrected chi connectivity index (χ4v) is 3.35. The average molecular weight is 449 g/mol. The van der Waals surface area contributed by atoms with Gasteiger partial charge in [-0.15, -0.1) is 0 Å². The third kappa shape index (κ3) is 4.45. The average Bonchev–Trinajstić information content (AvgIpc) is 3.19. The number of imidazole rings is 1. The van der Waals surface area contributed by atoms with Crippen molar-refractivity contribution in [1.29, 1.82) is 0 Å². The molecule has 2 amide bonds. The second kappa shape index (κ2) is 8.91.